The van der Waals surface area contributed by atoms with Gasteiger partial charge in [0.2, 0.25) is 11.8 Å². The Morgan fingerprint density at radius 3 is 2.27 bits per heavy atom. The molecule has 0 radical (unpaired) electrons. The number of carbonyl (C=O) groups is 2. The highest BCUT2D eigenvalue weighted by atomic mass is 16.2. The Labute approximate surface area is 90.6 Å². The summed E-state index contributed by atoms with van der Waals surface area (Å²) in [7, 11) is 0. The van der Waals surface area contributed by atoms with Crippen molar-refractivity contribution in [3.8, 4) is 0 Å². The Kier molecular flexibility index (Phi) is 3.72. The molecule has 1 aliphatic rings. The highest BCUT2D eigenvalue weighted by Crippen LogP contribution is 2.32. The summed E-state index contributed by atoms with van der Waals surface area (Å²) in [5.41, 5.74) is 4.87. The molecule has 4 heteroatoms. The third-order valence-corrected chi connectivity index (χ3v) is 2.99. The molecule has 1 rings (SSSR count). The van der Waals surface area contributed by atoms with Crippen LogP contribution in [-0.4, -0.2) is 17.4 Å². The monoisotopic (exact) mass is 212 g/mol. The van der Waals surface area contributed by atoms with Crippen LogP contribution in [0.2, 0.25) is 0 Å². The maximum absolute atomic E-state index is 11.6. The number of amides is 2. The van der Waals surface area contributed by atoms with E-state index in [4.69, 9.17) is 5.73 Å². The van der Waals surface area contributed by atoms with E-state index in [0.29, 0.717) is 0 Å². The molecule has 0 aromatic carbocycles. The molecule has 0 bridgehead atoms. The molecule has 2 amide bonds. The number of nitrogens with one attached hydrogen (secondary N) is 1. The molecule has 0 aromatic heterocycles. The zero-order chi connectivity index (χ0) is 11.5. The van der Waals surface area contributed by atoms with E-state index >= 15 is 0 Å². The average Bonchev–Trinajstić information content (AvgIpc) is 2.51. The summed E-state index contributed by atoms with van der Waals surface area (Å²) in [6, 6.07) is 0. The Bertz CT molecular complexity index is 255. The maximum atomic E-state index is 11.6. The highest BCUT2D eigenvalue weighted by Gasteiger charge is 2.36. The van der Waals surface area contributed by atoms with Gasteiger partial charge in [-0.3, -0.25) is 9.59 Å². The lowest BCUT2D eigenvalue weighted by Gasteiger charge is -2.30. The van der Waals surface area contributed by atoms with Gasteiger partial charge in [0.25, 0.3) is 0 Å². The Morgan fingerprint density at radius 2 is 1.87 bits per heavy atom. The molecule has 4 nitrogen and oxygen atoms in total. The fourth-order valence-corrected chi connectivity index (χ4v) is 2.14. The second-order valence-corrected chi connectivity index (χ2v) is 4.77. The van der Waals surface area contributed by atoms with Crippen LogP contribution >= 0.6 is 0 Å². The molecule has 0 atom stereocenters. The molecule has 86 valence electrons. The molecule has 0 spiro atoms. The van der Waals surface area contributed by atoms with Gasteiger partial charge in [0.15, 0.2) is 0 Å². The third-order valence-electron chi connectivity index (χ3n) is 2.99. The van der Waals surface area contributed by atoms with Crippen molar-refractivity contribution >= 4 is 11.8 Å². The van der Waals surface area contributed by atoms with Gasteiger partial charge in [0.1, 0.15) is 0 Å². The van der Waals surface area contributed by atoms with Crippen molar-refractivity contribution in [1.29, 1.82) is 0 Å². The maximum Gasteiger partial charge on any atom is 0.222 e. The van der Waals surface area contributed by atoms with E-state index in [9.17, 15) is 9.59 Å². The van der Waals surface area contributed by atoms with E-state index in [0.717, 1.165) is 25.7 Å². The minimum absolute atomic E-state index is 0.0122. The van der Waals surface area contributed by atoms with Crippen molar-refractivity contribution in [2.24, 2.45) is 11.7 Å². The predicted octanol–water partition coefficient (Wildman–Crippen LogP) is 0.947. The van der Waals surface area contributed by atoms with Crippen molar-refractivity contribution in [2.75, 3.05) is 0 Å². The first-order chi connectivity index (χ1) is 6.95. The number of hydrogen-bond acceptors (Lipinski definition) is 2. The fraction of sp³-hybridized carbons (Fsp3) is 0.818. The van der Waals surface area contributed by atoms with Crippen LogP contribution in [0.3, 0.4) is 0 Å². The molecule has 0 aliphatic heterocycles. The van der Waals surface area contributed by atoms with E-state index in [1.165, 1.54) is 0 Å². The first-order valence-electron chi connectivity index (χ1n) is 5.55. The zero-order valence-corrected chi connectivity index (χ0v) is 9.51. The summed E-state index contributed by atoms with van der Waals surface area (Å²) in [6.07, 6.45) is 4.13. The van der Waals surface area contributed by atoms with E-state index < -0.39 is 0 Å². The minimum atomic E-state index is -0.354. The van der Waals surface area contributed by atoms with Crippen LogP contribution in [0.5, 0.6) is 0 Å². The molecule has 1 saturated carbocycles. The zero-order valence-electron chi connectivity index (χ0n) is 9.51. The number of hydrogen-bond donors (Lipinski definition) is 2. The smallest absolute Gasteiger partial charge is 0.222 e. The van der Waals surface area contributed by atoms with Gasteiger partial charge in [-0.2, -0.15) is 0 Å². The van der Waals surface area contributed by atoms with Crippen molar-refractivity contribution in [3.63, 3.8) is 0 Å². The Balaban J connectivity index is 2.65. The summed E-state index contributed by atoms with van der Waals surface area (Å²) in [4.78, 5) is 22.6. The van der Waals surface area contributed by atoms with Gasteiger partial charge in [-0.1, -0.05) is 26.7 Å². The van der Waals surface area contributed by atoms with E-state index in [2.05, 4.69) is 5.32 Å². The predicted molar refractivity (Wildman–Crippen MR) is 58.0 cm³/mol. The standard InChI is InChI=1S/C11H20N2O2/c1-8(2)10(15)13-11(7-9(12)14)5-3-4-6-11/h8H,3-7H2,1-2H3,(H2,12,14)(H,13,15). The molecular weight excluding hydrogens is 192 g/mol. The van der Waals surface area contributed by atoms with Gasteiger partial charge in [-0.15, -0.1) is 0 Å². The number of nitrogens with two attached hydrogens (primary N) is 1. The van der Waals surface area contributed by atoms with Crippen LogP contribution in [0.4, 0.5) is 0 Å². The molecule has 15 heavy (non-hydrogen) atoms. The molecule has 0 unspecified atom stereocenters. The molecule has 1 fully saturated rings. The second-order valence-electron chi connectivity index (χ2n) is 4.77. The highest BCUT2D eigenvalue weighted by molar-refractivity contribution is 5.81. The van der Waals surface area contributed by atoms with Gasteiger partial charge >= 0.3 is 0 Å². The van der Waals surface area contributed by atoms with Crippen LogP contribution < -0.4 is 11.1 Å². The van der Waals surface area contributed by atoms with Gasteiger partial charge in [-0.05, 0) is 12.8 Å². The minimum Gasteiger partial charge on any atom is -0.370 e. The van der Waals surface area contributed by atoms with Gasteiger partial charge in [0.05, 0.1) is 0 Å². The van der Waals surface area contributed by atoms with Gasteiger partial charge < -0.3 is 11.1 Å². The van der Waals surface area contributed by atoms with Gasteiger partial charge in [-0.25, -0.2) is 0 Å². The lowest BCUT2D eigenvalue weighted by atomic mass is 9.92. The number of carbonyl (C=O) groups excluding carboxylic acids is 2. The largest absolute Gasteiger partial charge is 0.370 e. The van der Waals surface area contributed by atoms with Crippen LogP contribution in [0, 0.1) is 5.92 Å². The van der Waals surface area contributed by atoms with Crippen LogP contribution in [0.25, 0.3) is 0 Å². The van der Waals surface area contributed by atoms with E-state index in [1.807, 2.05) is 13.8 Å². The second kappa shape index (κ2) is 4.64. The first-order valence-corrected chi connectivity index (χ1v) is 5.55. The van der Waals surface area contributed by atoms with Gasteiger partial charge in [0, 0.05) is 17.9 Å². The molecule has 0 heterocycles. The lowest BCUT2D eigenvalue weighted by molar-refractivity contribution is -0.127. The Morgan fingerprint density at radius 1 is 1.33 bits per heavy atom. The van der Waals surface area contributed by atoms with Crippen LogP contribution in [-0.2, 0) is 9.59 Å². The summed E-state index contributed by atoms with van der Waals surface area (Å²) in [5.74, 6) is -0.366. The summed E-state index contributed by atoms with van der Waals surface area (Å²) in [5, 5.41) is 2.98. The quantitative estimate of drug-likeness (QED) is 0.728. The third kappa shape index (κ3) is 3.22. The summed E-state index contributed by atoms with van der Waals surface area (Å²) < 4.78 is 0. The number of primary amides is 1. The summed E-state index contributed by atoms with van der Waals surface area (Å²) >= 11 is 0. The molecule has 3 N–H and O–H groups in total. The normalized spacial score (nSPS) is 19.1. The van der Waals surface area contributed by atoms with E-state index in [1.54, 1.807) is 0 Å². The topological polar surface area (TPSA) is 72.2 Å². The fourth-order valence-electron chi connectivity index (χ4n) is 2.14. The molecule has 1 aliphatic carbocycles. The van der Waals surface area contributed by atoms with E-state index in [-0.39, 0.29) is 29.7 Å². The summed E-state index contributed by atoms with van der Waals surface area (Å²) in [6.45, 7) is 3.70. The van der Waals surface area contributed by atoms with Crippen molar-refractivity contribution in [1.82, 2.24) is 5.32 Å². The SMILES string of the molecule is CC(C)C(=O)NC1(CC(N)=O)CCCC1. The van der Waals surface area contributed by atoms with Crippen molar-refractivity contribution in [3.05, 3.63) is 0 Å². The molecule has 0 aromatic rings. The van der Waals surface area contributed by atoms with Crippen molar-refractivity contribution < 1.29 is 9.59 Å². The number of rotatable bonds is 4. The van der Waals surface area contributed by atoms with Crippen LogP contribution in [0.1, 0.15) is 46.0 Å². The first kappa shape index (κ1) is 12.0. The van der Waals surface area contributed by atoms with Crippen molar-refractivity contribution in [2.45, 2.75) is 51.5 Å². The Hall–Kier alpha value is -1.06. The molecule has 0 saturated heterocycles. The average molecular weight is 212 g/mol. The lowest BCUT2D eigenvalue weighted by Crippen LogP contribution is -2.50. The van der Waals surface area contributed by atoms with Crippen LogP contribution in [0.15, 0.2) is 0 Å². The molecular formula is C11H20N2O2.